The van der Waals surface area contributed by atoms with Crippen LogP contribution >= 0.6 is 0 Å². The Morgan fingerprint density at radius 2 is 2.05 bits per heavy atom. The summed E-state index contributed by atoms with van der Waals surface area (Å²) in [5, 5.41) is 12.7. The van der Waals surface area contributed by atoms with Gasteiger partial charge in [-0.2, -0.15) is 0 Å². The van der Waals surface area contributed by atoms with Crippen LogP contribution in [0.1, 0.15) is 27.4 Å². The maximum Gasteiger partial charge on any atom is 0.335 e. The maximum atomic E-state index is 12.3. The summed E-state index contributed by atoms with van der Waals surface area (Å²) in [6, 6.07) is 5.71. The van der Waals surface area contributed by atoms with Crippen LogP contribution < -0.4 is 0 Å². The van der Waals surface area contributed by atoms with Gasteiger partial charge in [-0.05, 0) is 31.5 Å². The van der Waals surface area contributed by atoms with Crippen molar-refractivity contribution >= 4 is 15.8 Å². The predicted octanol–water partition coefficient (Wildman–Crippen LogP) is 1.96. The summed E-state index contributed by atoms with van der Waals surface area (Å²) < 4.78 is 29.5. The molecule has 0 bridgehead atoms. The highest BCUT2D eigenvalue weighted by Crippen LogP contribution is 2.23. The van der Waals surface area contributed by atoms with Gasteiger partial charge >= 0.3 is 5.97 Å². The SMILES string of the molecule is Cc1cc(CS(=O)(=O)c2cccc(C(=O)O)c2C)on1. The van der Waals surface area contributed by atoms with Crippen LogP contribution in [0.2, 0.25) is 0 Å². The van der Waals surface area contributed by atoms with Gasteiger partial charge < -0.3 is 9.63 Å². The van der Waals surface area contributed by atoms with Gasteiger partial charge in [-0.15, -0.1) is 0 Å². The molecule has 1 aromatic heterocycles. The molecule has 0 amide bonds. The van der Waals surface area contributed by atoms with E-state index in [1.54, 1.807) is 6.92 Å². The Bertz CT molecular complexity index is 761. The largest absolute Gasteiger partial charge is 0.478 e. The summed E-state index contributed by atoms with van der Waals surface area (Å²) in [6.07, 6.45) is 0. The van der Waals surface area contributed by atoms with Crippen molar-refractivity contribution in [3.05, 3.63) is 46.8 Å². The second-order valence-corrected chi connectivity index (χ2v) is 6.39. The van der Waals surface area contributed by atoms with Crippen LogP contribution in [0.25, 0.3) is 0 Å². The van der Waals surface area contributed by atoms with Crippen LogP contribution in [0.3, 0.4) is 0 Å². The topological polar surface area (TPSA) is 97.5 Å². The lowest BCUT2D eigenvalue weighted by Crippen LogP contribution is -2.10. The molecule has 106 valence electrons. The van der Waals surface area contributed by atoms with Crippen LogP contribution in [0.5, 0.6) is 0 Å². The van der Waals surface area contributed by atoms with E-state index in [0.29, 0.717) is 5.69 Å². The molecule has 0 radical (unpaired) electrons. The second-order valence-electron chi connectivity index (χ2n) is 4.43. The number of aryl methyl sites for hydroxylation is 1. The molecule has 0 aliphatic rings. The number of carbonyl (C=O) groups is 1. The Balaban J connectivity index is 2.44. The van der Waals surface area contributed by atoms with E-state index in [4.69, 9.17) is 9.63 Å². The lowest BCUT2D eigenvalue weighted by Gasteiger charge is -2.08. The number of hydrogen-bond donors (Lipinski definition) is 1. The van der Waals surface area contributed by atoms with Crippen LogP contribution in [0.15, 0.2) is 33.7 Å². The molecule has 1 N–H and O–H groups in total. The van der Waals surface area contributed by atoms with Gasteiger partial charge in [-0.3, -0.25) is 0 Å². The zero-order valence-corrected chi connectivity index (χ0v) is 11.8. The van der Waals surface area contributed by atoms with Gasteiger partial charge in [-0.1, -0.05) is 11.2 Å². The van der Waals surface area contributed by atoms with Gasteiger partial charge in [0.25, 0.3) is 0 Å². The Morgan fingerprint density at radius 3 is 2.60 bits per heavy atom. The van der Waals surface area contributed by atoms with E-state index in [0.717, 1.165) is 0 Å². The quantitative estimate of drug-likeness (QED) is 0.926. The fourth-order valence-corrected chi connectivity index (χ4v) is 3.46. The molecule has 0 aliphatic carbocycles. The third-order valence-corrected chi connectivity index (χ3v) is 4.64. The number of rotatable bonds is 4. The summed E-state index contributed by atoms with van der Waals surface area (Å²) in [7, 11) is -3.68. The first-order valence-electron chi connectivity index (χ1n) is 5.79. The van der Waals surface area contributed by atoms with Crippen molar-refractivity contribution in [1.82, 2.24) is 5.16 Å². The fourth-order valence-electron chi connectivity index (χ4n) is 1.93. The molecule has 0 aliphatic heterocycles. The molecule has 1 aromatic carbocycles. The molecule has 0 unspecified atom stereocenters. The molecule has 20 heavy (non-hydrogen) atoms. The summed E-state index contributed by atoms with van der Waals surface area (Å²) in [5.74, 6) is -1.28. The first-order chi connectivity index (χ1) is 9.31. The maximum absolute atomic E-state index is 12.3. The standard InChI is InChI=1S/C13H13NO5S/c1-8-6-10(19-14-8)7-20(17,18)12-5-3-4-11(9(12)2)13(15)16/h3-6H,7H2,1-2H3,(H,15,16). The van der Waals surface area contributed by atoms with E-state index in [1.807, 2.05) is 0 Å². The molecule has 0 saturated carbocycles. The number of nitrogens with zero attached hydrogens (tertiary/aromatic N) is 1. The van der Waals surface area contributed by atoms with Crippen LogP contribution in [-0.4, -0.2) is 24.7 Å². The van der Waals surface area contributed by atoms with Gasteiger partial charge in [0.1, 0.15) is 5.75 Å². The lowest BCUT2D eigenvalue weighted by atomic mass is 10.1. The Hall–Kier alpha value is -2.15. The van der Waals surface area contributed by atoms with Gasteiger partial charge in [0.15, 0.2) is 15.6 Å². The first-order valence-corrected chi connectivity index (χ1v) is 7.44. The van der Waals surface area contributed by atoms with E-state index in [-0.39, 0.29) is 27.5 Å². The molecule has 0 fully saturated rings. The number of aromatic nitrogens is 1. The van der Waals surface area contributed by atoms with Crippen molar-refractivity contribution in [2.24, 2.45) is 0 Å². The van der Waals surface area contributed by atoms with Crippen LogP contribution in [0, 0.1) is 13.8 Å². The Kier molecular flexibility index (Phi) is 3.63. The third kappa shape index (κ3) is 2.72. The van der Waals surface area contributed by atoms with E-state index < -0.39 is 15.8 Å². The van der Waals surface area contributed by atoms with Crippen molar-refractivity contribution < 1.29 is 22.8 Å². The zero-order valence-electron chi connectivity index (χ0n) is 11.0. The Labute approximate surface area is 115 Å². The minimum absolute atomic E-state index is 0.00791. The summed E-state index contributed by atoms with van der Waals surface area (Å²) in [6.45, 7) is 3.16. The van der Waals surface area contributed by atoms with E-state index in [9.17, 15) is 13.2 Å². The first kappa shape index (κ1) is 14.3. The number of benzene rings is 1. The Morgan fingerprint density at radius 1 is 1.35 bits per heavy atom. The van der Waals surface area contributed by atoms with Crippen molar-refractivity contribution in [3.8, 4) is 0 Å². The summed E-state index contributed by atoms with van der Waals surface area (Å²) >= 11 is 0. The zero-order chi connectivity index (χ0) is 14.9. The van der Waals surface area contributed by atoms with Crippen molar-refractivity contribution in [2.45, 2.75) is 24.5 Å². The molecule has 7 heteroatoms. The minimum atomic E-state index is -3.68. The lowest BCUT2D eigenvalue weighted by molar-refractivity contribution is 0.0696. The number of carboxylic acids is 1. The smallest absolute Gasteiger partial charge is 0.335 e. The van der Waals surface area contributed by atoms with Crippen molar-refractivity contribution in [3.63, 3.8) is 0 Å². The fraction of sp³-hybridized carbons (Fsp3) is 0.231. The highest BCUT2D eigenvalue weighted by Gasteiger charge is 2.22. The van der Waals surface area contributed by atoms with E-state index in [2.05, 4.69) is 5.16 Å². The normalized spacial score (nSPS) is 11.5. The molecule has 2 aromatic rings. The van der Waals surface area contributed by atoms with E-state index >= 15 is 0 Å². The monoisotopic (exact) mass is 295 g/mol. The van der Waals surface area contributed by atoms with Crippen LogP contribution in [-0.2, 0) is 15.6 Å². The number of hydrogen-bond acceptors (Lipinski definition) is 5. The minimum Gasteiger partial charge on any atom is -0.478 e. The molecule has 6 nitrogen and oxygen atoms in total. The number of sulfone groups is 1. The molecular weight excluding hydrogens is 282 g/mol. The highest BCUT2D eigenvalue weighted by molar-refractivity contribution is 7.90. The predicted molar refractivity (Wildman–Crippen MR) is 70.3 cm³/mol. The van der Waals surface area contributed by atoms with Gasteiger partial charge in [0.05, 0.1) is 16.2 Å². The molecule has 0 atom stereocenters. The molecule has 2 rings (SSSR count). The summed E-state index contributed by atoms with van der Waals surface area (Å²) in [4.78, 5) is 11.0. The molecule has 0 spiro atoms. The van der Waals surface area contributed by atoms with Crippen molar-refractivity contribution in [2.75, 3.05) is 0 Å². The van der Waals surface area contributed by atoms with Gasteiger partial charge in [0.2, 0.25) is 0 Å². The van der Waals surface area contributed by atoms with Gasteiger partial charge in [0, 0.05) is 6.07 Å². The molecular formula is C13H13NO5S. The highest BCUT2D eigenvalue weighted by atomic mass is 32.2. The van der Waals surface area contributed by atoms with Crippen LogP contribution in [0.4, 0.5) is 0 Å². The average Bonchev–Trinajstić information content (AvgIpc) is 2.73. The van der Waals surface area contributed by atoms with Crippen molar-refractivity contribution in [1.29, 1.82) is 0 Å². The number of aromatic carboxylic acids is 1. The van der Waals surface area contributed by atoms with E-state index in [1.165, 1.54) is 31.2 Å². The van der Waals surface area contributed by atoms with Gasteiger partial charge in [-0.25, -0.2) is 13.2 Å². The molecule has 1 heterocycles. The summed E-state index contributed by atoms with van der Waals surface area (Å²) in [5.41, 5.74) is 0.780. The molecule has 0 saturated heterocycles. The average molecular weight is 295 g/mol. The number of carboxylic acid groups (broad SMARTS) is 1. The third-order valence-electron chi connectivity index (χ3n) is 2.86. The second kappa shape index (κ2) is 5.09.